The van der Waals surface area contributed by atoms with Crippen LogP contribution in [0, 0.1) is 5.92 Å². The number of likely N-dealkylation sites (tertiary alicyclic amines) is 1. The third-order valence-electron chi connectivity index (χ3n) is 3.91. The number of hydrogen-bond donors (Lipinski definition) is 1. The maximum atomic E-state index is 11.7. The van der Waals surface area contributed by atoms with E-state index in [1.807, 2.05) is 6.92 Å². The molecule has 2 rings (SSSR count). The second kappa shape index (κ2) is 7.22. The van der Waals surface area contributed by atoms with E-state index < -0.39 is 0 Å². The number of hydrogen-bond acceptors (Lipinski definition) is 5. The van der Waals surface area contributed by atoms with E-state index in [1.54, 1.807) is 0 Å². The quantitative estimate of drug-likeness (QED) is 0.848. The third-order valence-corrected chi connectivity index (χ3v) is 4.79. The Labute approximate surface area is 129 Å². The smallest absolute Gasteiger partial charge is 0.309 e. The fourth-order valence-corrected chi connectivity index (χ4v) is 3.77. The molecule has 0 radical (unpaired) electrons. The van der Waals surface area contributed by atoms with Crippen LogP contribution in [0.4, 0.5) is 0 Å². The number of H-pyrrole nitrogens is 1. The second-order valence-corrected chi connectivity index (χ2v) is 6.88. The number of esters is 1. The summed E-state index contributed by atoms with van der Waals surface area (Å²) in [6, 6.07) is 0. The van der Waals surface area contributed by atoms with E-state index in [2.05, 4.69) is 23.7 Å². The Morgan fingerprint density at radius 2 is 2.10 bits per heavy atom. The van der Waals surface area contributed by atoms with Crippen molar-refractivity contribution in [1.82, 2.24) is 9.88 Å². The molecular weight excluding hydrogens is 288 g/mol. The Hall–Kier alpha value is -1.14. The molecule has 0 bridgehead atoms. The van der Waals surface area contributed by atoms with Gasteiger partial charge in [-0.1, -0.05) is 25.2 Å². The summed E-state index contributed by atoms with van der Waals surface area (Å²) >= 11 is 1.31. The molecule has 0 atom stereocenters. The number of ether oxygens (including phenoxy) is 1. The molecule has 0 amide bonds. The van der Waals surface area contributed by atoms with Crippen LogP contribution in [0.2, 0.25) is 0 Å². The fourth-order valence-electron chi connectivity index (χ4n) is 2.75. The van der Waals surface area contributed by atoms with Crippen molar-refractivity contribution in [3.63, 3.8) is 0 Å². The minimum atomic E-state index is -0.0636. The summed E-state index contributed by atoms with van der Waals surface area (Å²) in [5.41, 5.74) is 1.05. The molecule has 1 aromatic rings. The van der Waals surface area contributed by atoms with Crippen molar-refractivity contribution in [2.24, 2.45) is 5.92 Å². The lowest BCUT2D eigenvalue weighted by molar-refractivity contribution is -0.149. The standard InChI is InChI=1S/C15H24N2O3S/c1-4-20-14(18)11-5-7-17(8-6-11)9-12-13(10(2)3)16-15(19)21-12/h10-11H,4-9H2,1-3H3,(H,16,19). The summed E-state index contributed by atoms with van der Waals surface area (Å²) in [5.74, 6) is 0.304. The molecule has 0 spiro atoms. The molecule has 0 saturated carbocycles. The summed E-state index contributed by atoms with van der Waals surface area (Å²) in [5, 5.41) is 0. The van der Waals surface area contributed by atoms with Crippen molar-refractivity contribution in [3.05, 3.63) is 20.2 Å². The maximum absolute atomic E-state index is 11.7. The summed E-state index contributed by atoms with van der Waals surface area (Å²) < 4.78 is 5.09. The van der Waals surface area contributed by atoms with Gasteiger partial charge in [-0.25, -0.2) is 0 Å². The zero-order valence-electron chi connectivity index (χ0n) is 13.0. The number of nitrogens with zero attached hydrogens (tertiary/aromatic N) is 1. The average molecular weight is 312 g/mol. The summed E-state index contributed by atoms with van der Waals surface area (Å²) in [7, 11) is 0. The number of rotatable bonds is 5. The van der Waals surface area contributed by atoms with Crippen molar-refractivity contribution < 1.29 is 9.53 Å². The lowest BCUT2D eigenvalue weighted by Gasteiger charge is -2.30. The van der Waals surface area contributed by atoms with Gasteiger partial charge in [0, 0.05) is 17.1 Å². The number of carbonyl (C=O) groups excluding carboxylic acids is 1. The van der Waals surface area contributed by atoms with Gasteiger partial charge < -0.3 is 9.72 Å². The van der Waals surface area contributed by atoms with E-state index in [0.717, 1.165) is 43.0 Å². The lowest BCUT2D eigenvalue weighted by Crippen LogP contribution is -2.36. The number of aromatic amines is 1. The van der Waals surface area contributed by atoms with Gasteiger partial charge in [0.15, 0.2) is 0 Å². The topological polar surface area (TPSA) is 62.4 Å². The van der Waals surface area contributed by atoms with Crippen LogP contribution in [0.25, 0.3) is 0 Å². The van der Waals surface area contributed by atoms with E-state index in [9.17, 15) is 9.59 Å². The van der Waals surface area contributed by atoms with Crippen LogP contribution in [0.3, 0.4) is 0 Å². The van der Waals surface area contributed by atoms with Gasteiger partial charge in [0.2, 0.25) is 0 Å². The van der Waals surface area contributed by atoms with Gasteiger partial charge in [0.1, 0.15) is 0 Å². The van der Waals surface area contributed by atoms with Crippen molar-refractivity contribution >= 4 is 17.3 Å². The lowest BCUT2D eigenvalue weighted by atomic mass is 9.97. The largest absolute Gasteiger partial charge is 0.466 e. The molecular formula is C15H24N2O3S. The van der Waals surface area contributed by atoms with Crippen LogP contribution in [0.5, 0.6) is 0 Å². The highest BCUT2D eigenvalue weighted by Crippen LogP contribution is 2.24. The molecule has 0 aliphatic carbocycles. The minimum absolute atomic E-state index is 0.0232. The normalized spacial score (nSPS) is 17.3. The van der Waals surface area contributed by atoms with Crippen LogP contribution in [0.15, 0.2) is 4.79 Å². The highest BCUT2D eigenvalue weighted by atomic mass is 32.1. The first-order chi connectivity index (χ1) is 10.0. The molecule has 1 fully saturated rings. The number of thiazole rings is 1. The van der Waals surface area contributed by atoms with Gasteiger partial charge in [0.05, 0.1) is 12.5 Å². The molecule has 118 valence electrons. The van der Waals surface area contributed by atoms with Gasteiger partial charge in [-0.2, -0.15) is 0 Å². The summed E-state index contributed by atoms with van der Waals surface area (Å²) in [6.45, 7) is 9.04. The number of carbonyl (C=O) groups is 1. The average Bonchev–Trinajstić information content (AvgIpc) is 2.81. The molecule has 21 heavy (non-hydrogen) atoms. The van der Waals surface area contributed by atoms with Gasteiger partial charge in [-0.3, -0.25) is 14.5 Å². The zero-order chi connectivity index (χ0) is 15.4. The second-order valence-electron chi connectivity index (χ2n) is 5.81. The Morgan fingerprint density at radius 3 is 2.67 bits per heavy atom. The number of piperidine rings is 1. The number of aromatic nitrogens is 1. The Morgan fingerprint density at radius 1 is 1.43 bits per heavy atom. The summed E-state index contributed by atoms with van der Waals surface area (Å²) in [4.78, 5) is 29.7. The predicted octanol–water partition coefficient (Wildman–Crippen LogP) is 2.33. The maximum Gasteiger partial charge on any atom is 0.309 e. The van der Waals surface area contributed by atoms with E-state index in [-0.39, 0.29) is 16.8 Å². The van der Waals surface area contributed by atoms with E-state index in [4.69, 9.17) is 4.74 Å². The Bertz CT molecular complexity index is 527. The highest BCUT2D eigenvalue weighted by molar-refractivity contribution is 7.09. The highest BCUT2D eigenvalue weighted by Gasteiger charge is 2.26. The molecule has 2 heterocycles. The van der Waals surface area contributed by atoms with Crippen molar-refractivity contribution in [3.8, 4) is 0 Å². The fraction of sp³-hybridized carbons (Fsp3) is 0.733. The molecule has 1 saturated heterocycles. The van der Waals surface area contributed by atoms with Crippen molar-refractivity contribution in [2.45, 2.75) is 46.1 Å². The molecule has 1 aliphatic rings. The first-order valence-corrected chi connectivity index (χ1v) is 8.43. The van der Waals surface area contributed by atoms with Crippen molar-refractivity contribution in [2.75, 3.05) is 19.7 Å². The van der Waals surface area contributed by atoms with E-state index in [1.165, 1.54) is 11.3 Å². The van der Waals surface area contributed by atoms with Crippen LogP contribution >= 0.6 is 11.3 Å². The molecule has 1 aromatic heterocycles. The van der Waals surface area contributed by atoms with Gasteiger partial charge in [-0.05, 0) is 38.8 Å². The van der Waals surface area contributed by atoms with Crippen LogP contribution in [-0.4, -0.2) is 35.5 Å². The van der Waals surface area contributed by atoms with Crippen LogP contribution in [-0.2, 0) is 16.1 Å². The first-order valence-electron chi connectivity index (χ1n) is 7.62. The third kappa shape index (κ3) is 4.17. The molecule has 1 N–H and O–H groups in total. The predicted molar refractivity (Wildman–Crippen MR) is 83.7 cm³/mol. The molecule has 0 unspecified atom stereocenters. The van der Waals surface area contributed by atoms with Gasteiger partial charge >= 0.3 is 10.8 Å². The Balaban J connectivity index is 1.92. The van der Waals surface area contributed by atoms with Crippen LogP contribution in [0.1, 0.15) is 50.1 Å². The van der Waals surface area contributed by atoms with Crippen LogP contribution < -0.4 is 4.87 Å². The molecule has 0 aromatic carbocycles. The zero-order valence-corrected chi connectivity index (χ0v) is 13.8. The number of nitrogens with one attached hydrogen (secondary N) is 1. The van der Waals surface area contributed by atoms with Gasteiger partial charge in [0.25, 0.3) is 0 Å². The SMILES string of the molecule is CCOC(=O)C1CCN(Cc2sc(=O)[nH]c2C(C)C)CC1. The van der Waals surface area contributed by atoms with E-state index >= 15 is 0 Å². The molecule has 1 aliphatic heterocycles. The minimum Gasteiger partial charge on any atom is -0.466 e. The molecule has 6 heteroatoms. The van der Waals surface area contributed by atoms with E-state index in [0.29, 0.717) is 12.5 Å². The monoisotopic (exact) mass is 312 g/mol. The van der Waals surface area contributed by atoms with Crippen molar-refractivity contribution in [1.29, 1.82) is 0 Å². The van der Waals surface area contributed by atoms with Gasteiger partial charge in [-0.15, -0.1) is 0 Å². The first kappa shape index (κ1) is 16.2. The summed E-state index contributed by atoms with van der Waals surface area (Å²) in [6.07, 6.45) is 1.68. The Kier molecular flexibility index (Phi) is 5.58. The molecule has 5 nitrogen and oxygen atoms in total.